The van der Waals surface area contributed by atoms with Gasteiger partial charge in [0.2, 0.25) is 0 Å². The van der Waals surface area contributed by atoms with Crippen molar-refractivity contribution in [3.05, 3.63) is 80.6 Å². The van der Waals surface area contributed by atoms with Gasteiger partial charge in [-0.15, -0.1) is 0 Å². The molecule has 0 spiro atoms. The molecule has 1 aromatic carbocycles. The largest absolute Gasteiger partial charge is 0.423 e. The molecule has 0 aliphatic rings. The van der Waals surface area contributed by atoms with Gasteiger partial charge in [-0.3, -0.25) is 9.59 Å². The molecule has 2 N–H and O–H groups in total. The van der Waals surface area contributed by atoms with E-state index >= 15 is 4.39 Å². The molecule has 0 bridgehead atoms. The normalized spacial score (nSPS) is 13.8. The molecular weight excluding hydrogens is 535 g/mol. The summed E-state index contributed by atoms with van der Waals surface area (Å²) < 4.78 is 70.8. The minimum absolute atomic E-state index is 0.0258. The van der Waals surface area contributed by atoms with E-state index in [9.17, 15) is 27.2 Å². The third-order valence-electron chi connectivity index (χ3n) is 6.37. The topological polar surface area (TPSA) is 106 Å². The highest BCUT2D eigenvalue weighted by molar-refractivity contribution is 5.86. The average Bonchev–Trinajstić information content (AvgIpc) is 2.84. The number of fused-ring (bicyclic) bond motifs is 1. The van der Waals surface area contributed by atoms with Crippen molar-refractivity contribution in [1.82, 2.24) is 24.7 Å². The molecule has 8 nitrogen and oxygen atoms in total. The Morgan fingerprint density at radius 3 is 2.38 bits per heavy atom. The van der Waals surface area contributed by atoms with Gasteiger partial charge in [-0.05, 0) is 41.5 Å². The first-order chi connectivity index (χ1) is 18.6. The number of hydrogen-bond donors (Lipinski definition) is 2. The number of hydrogen-bond acceptors (Lipinski definition) is 6. The van der Waals surface area contributed by atoms with Gasteiger partial charge in [0.1, 0.15) is 17.6 Å². The molecule has 0 amide bonds. The van der Waals surface area contributed by atoms with E-state index < -0.39 is 53.1 Å². The lowest BCUT2D eigenvalue weighted by Crippen LogP contribution is -2.30. The highest BCUT2D eigenvalue weighted by Crippen LogP contribution is 2.32. The number of aromatic amines is 1. The van der Waals surface area contributed by atoms with Crippen molar-refractivity contribution in [3.8, 4) is 11.4 Å². The summed E-state index contributed by atoms with van der Waals surface area (Å²) in [5.41, 5.74) is -3.30. The minimum atomic E-state index is -4.94. The van der Waals surface area contributed by atoms with Crippen molar-refractivity contribution in [2.75, 3.05) is 5.32 Å². The van der Waals surface area contributed by atoms with Crippen LogP contribution in [0.2, 0.25) is 0 Å². The SMILES string of the molecule is C[C@H](C[C@@H](F)Cn1ccc2cc(-c3ncc(C(C)(C)C)cn3)c(F)cc2c1=O)Nc1cn[nH]c(=O)c1C(F)(F)F. The van der Waals surface area contributed by atoms with Gasteiger partial charge in [-0.2, -0.15) is 18.3 Å². The van der Waals surface area contributed by atoms with Gasteiger partial charge < -0.3 is 9.88 Å². The first kappa shape index (κ1) is 28.8. The first-order valence-corrected chi connectivity index (χ1v) is 12.4. The Labute approximate surface area is 225 Å². The van der Waals surface area contributed by atoms with Crippen LogP contribution in [0.1, 0.15) is 45.2 Å². The monoisotopic (exact) mass is 562 g/mol. The Hall–Kier alpha value is -4.16. The number of benzene rings is 1. The fourth-order valence-corrected chi connectivity index (χ4v) is 4.26. The molecule has 0 unspecified atom stereocenters. The van der Waals surface area contributed by atoms with Gasteiger partial charge in [0.05, 0.1) is 29.4 Å². The summed E-state index contributed by atoms with van der Waals surface area (Å²) in [4.78, 5) is 33.2. The molecule has 0 radical (unpaired) electrons. The first-order valence-electron chi connectivity index (χ1n) is 12.4. The van der Waals surface area contributed by atoms with E-state index in [-0.39, 0.29) is 28.6 Å². The smallest absolute Gasteiger partial charge is 0.381 e. The third kappa shape index (κ3) is 6.18. The molecule has 4 rings (SSSR count). The summed E-state index contributed by atoms with van der Waals surface area (Å²) in [7, 11) is 0. The van der Waals surface area contributed by atoms with Crippen LogP contribution in [0.25, 0.3) is 22.2 Å². The van der Waals surface area contributed by atoms with Crippen LogP contribution >= 0.6 is 0 Å². The lowest BCUT2D eigenvalue weighted by Gasteiger charge is -2.20. The zero-order valence-electron chi connectivity index (χ0n) is 22.1. The van der Waals surface area contributed by atoms with E-state index in [2.05, 4.69) is 20.4 Å². The second-order valence-electron chi connectivity index (χ2n) is 10.6. The summed E-state index contributed by atoms with van der Waals surface area (Å²) in [6.45, 7) is 7.02. The zero-order valence-corrected chi connectivity index (χ0v) is 22.1. The number of rotatable bonds is 7. The summed E-state index contributed by atoms with van der Waals surface area (Å²) in [6.07, 6.45) is -1.47. The molecule has 4 aromatic rings. The predicted octanol–water partition coefficient (Wildman–Crippen LogP) is 5.23. The van der Waals surface area contributed by atoms with Crippen LogP contribution in [0.5, 0.6) is 0 Å². The van der Waals surface area contributed by atoms with Gasteiger partial charge in [-0.25, -0.2) is 23.8 Å². The van der Waals surface area contributed by atoms with Crippen molar-refractivity contribution in [3.63, 3.8) is 0 Å². The van der Waals surface area contributed by atoms with Crippen molar-refractivity contribution in [2.24, 2.45) is 0 Å². The highest BCUT2D eigenvalue weighted by atomic mass is 19.4. The van der Waals surface area contributed by atoms with Gasteiger partial charge in [-0.1, -0.05) is 20.8 Å². The number of H-pyrrole nitrogens is 1. The molecular formula is C27H27F5N6O2. The zero-order chi connectivity index (χ0) is 29.4. The summed E-state index contributed by atoms with van der Waals surface area (Å²) >= 11 is 0. The fraction of sp³-hybridized carbons (Fsp3) is 0.370. The molecule has 13 heteroatoms. The Balaban J connectivity index is 1.51. The number of anilines is 1. The summed E-state index contributed by atoms with van der Waals surface area (Å²) in [5.74, 6) is -0.557. The molecule has 3 aromatic heterocycles. The number of nitrogens with one attached hydrogen (secondary N) is 2. The number of pyridine rings is 1. The quantitative estimate of drug-likeness (QED) is 0.299. The van der Waals surface area contributed by atoms with E-state index in [0.717, 1.165) is 22.4 Å². The van der Waals surface area contributed by atoms with E-state index in [1.54, 1.807) is 17.5 Å². The van der Waals surface area contributed by atoms with Gasteiger partial charge >= 0.3 is 6.18 Å². The van der Waals surface area contributed by atoms with E-state index in [1.807, 2.05) is 20.8 Å². The Bertz CT molecular complexity index is 1640. The van der Waals surface area contributed by atoms with Crippen LogP contribution in [-0.2, 0) is 18.1 Å². The predicted molar refractivity (Wildman–Crippen MR) is 140 cm³/mol. The molecule has 0 saturated carbocycles. The van der Waals surface area contributed by atoms with Crippen LogP contribution < -0.4 is 16.4 Å². The van der Waals surface area contributed by atoms with E-state index in [1.165, 1.54) is 25.3 Å². The van der Waals surface area contributed by atoms with Crippen molar-refractivity contribution in [2.45, 2.75) is 64.5 Å². The van der Waals surface area contributed by atoms with E-state index in [4.69, 9.17) is 0 Å². The maximum absolute atomic E-state index is 15.0. The molecule has 0 fully saturated rings. The standard InChI is InChI=1S/C27H27F5N6O2/c1-14(36-21-12-35-37-24(39)22(21)27(30,31)32)7-17(28)13-38-6-5-15-8-19(20(29)9-18(15)25(38)40)23-33-10-16(11-34-23)26(2,3)4/h5-6,8-12,14,17H,7,13H2,1-4H3,(H2,36,37,39)/t14-,17-/m1/s1. The molecule has 0 aliphatic carbocycles. The maximum Gasteiger partial charge on any atom is 0.423 e. The van der Waals surface area contributed by atoms with Crippen LogP contribution in [0.4, 0.5) is 27.6 Å². The molecule has 212 valence electrons. The molecule has 3 heterocycles. The second kappa shape index (κ2) is 10.8. The molecule has 0 aliphatic heterocycles. The van der Waals surface area contributed by atoms with Crippen molar-refractivity contribution < 1.29 is 22.0 Å². The highest BCUT2D eigenvalue weighted by Gasteiger charge is 2.37. The fourth-order valence-electron chi connectivity index (χ4n) is 4.26. The van der Waals surface area contributed by atoms with Crippen LogP contribution in [0, 0.1) is 5.82 Å². The van der Waals surface area contributed by atoms with Crippen molar-refractivity contribution in [1.29, 1.82) is 0 Å². The Morgan fingerprint density at radius 1 is 1.07 bits per heavy atom. The number of halogens is 5. The second-order valence-corrected chi connectivity index (χ2v) is 10.6. The van der Waals surface area contributed by atoms with Gasteiger partial charge in [0, 0.05) is 31.1 Å². The summed E-state index contributed by atoms with van der Waals surface area (Å²) in [6, 6.07) is 3.20. The van der Waals surface area contributed by atoms with Crippen molar-refractivity contribution >= 4 is 16.5 Å². The minimum Gasteiger partial charge on any atom is -0.381 e. The van der Waals surface area contributed by atoms with Gasteiger partial charge in [0.15, 0.2) is 5.82 Å². The molecule has 0 saturated heterocycles. The number of nitrogens with zero attached hydrogens (tertiary/aromatic N) is 4. The number of alkyl halides is 4. The molecule has 40 heavy (non-hydrogen) atoms. The summed E-state index contributed by atoms with van der Waals surface area (Å²) in [5, 5.41) is 8.00. The average molecular weight is 563 g/mol. The van der Waals surface area contributed by atoms with Gasteiger partial charge in [0.25, 0.3) is 11.1 Å². The van der Waals surface area contributed by atoms with Crippen LogP contribution in [0.3, 0.4) is 0 Å². The van der Waals surface area contributed by atoms with Crippen LogP contribution in [-0.4, -0.2) is 36.9 Å². The third-order valence-corrected chi connectivity index (χ3v) is 6.37. The Morgan fingerprint density at radius 2 is 1.75 bits per heavy atom. The lowest BCUT2D eigenvalue weighted by molar-refractivity contribution is -0.138. The van der Waals surface area contributed by atoms with E-state index in [0.29, 0.717) is 5.39 Å². The maximum atomic E-state index is 15.0. The number of aromatic nitrogens is 5. The Kier molecular flexibility index (Phi) is 7.77. The molecule has 2 atom stereocenters. The lowest BCUT2D eigenvalue weighted by atomic mass is 9.89. The van der Waals surface area contributed by atoms with Crippen LogP contribution in [0.15, 0.2) is 52.6 Å².